The Morgan fingerprint density at radius 3 is 2.29 bits per heavy atom. The van der Waals surface area contributed by atoms with Gasteiger partial charge in [-0.15, -0.1) is 0 Å². The third kappa shape index (κ3) is 4.15. The number of likely N-dealkylation sites (tertiary alicyclic amines) is 1. The van der Waals surface area contributed by atoms with Crippen molar-refractivity contribution in [3.05, 3.63) is 0 Å². The van der Waals surface area contributed by atoms with Crippen molar-refractivity contribution < 1.29 is 34.5 Å². The Labute approximate surface area is 120 Å². The average molecular weight is 302 g/mol. The van der Waals surface area contributed by atoms with Crippen molar-refractivity contribution in [2.45, 2.75) is 44.4 Å². The molecule has 1 aliphatic heterocycles. The number of rotatable bonds is 4. The molecular weight excluding hydrogens is 284 g/mol. The van der Waals surface area contributed by atoms with Gasteiger partial charge >= 0.3 is 23.8 Å². The van der Waals surface area contributed by atoms with Crippen LogP contribution in [0, 0.1) is 0 Å². The molecule has 0 radical (unpaired) electrons. The molecule has 1 saturated heterocycles. The summed E-state index contributed by atoms with van der Waals surface area (Å²) >= 11 is 0. The quantitative estimate of drug-likeness (QED) is 0.458. The van der Waals surface area contributed by atoms with Crippen molar-refractivity contribution in [2.75, 3.05) is 6.54 Å². The van der Waals surface area contributed by atoms with Crippen molar-refractivity contribution in [3.63, 3.8) is 0 Å². The zero-order valence-corrected chi connectivity index (χ0v) is 11.5. The summed E-state index contributed by atoms with van der Waals surface area (Å²) in [4.78, 5) is 46.6. The zero-order valence-electron chi connectivity index (χ0n) is 11.5. The van der Waals surface area contributed by atoms with Gasteiger partial charge in [-0.2, -0.15) is 0 Å². The molecule has 4 N–H and O–H groups in total. The van der Waals surface area contributed by atoms with Gasteiger partial charge in [-0.3, -0.25) is 9.59 Å². The van der Waals surface area contributed by atoms with Crippen LogP contribution in [0.5, 0.6) is 0 Å². The van der Waals surface area contributed by atoms with Gasteiger partial charge in [-0.25, -0.2) is 9.59 Å². The molecule has 0 aliphatic carbocycles. The fourth-order valence-electron chi connectivity index (χ4n) is 2.15. The molecule has 0 spiro atoms. The highest BCUT2D eigenvalue weighted by Crippen LogP contribution is 2.17. The molecule has 1 aliphatic rings. The first-order valence-electron chi connectivity index (χ1n) is 6.50. The molecule has 1 rings (SSSR count). The first-order chi connectivity index (χ1) is 9.75. The summed E-state index contributed by atoms with van der Waals surface area (Å²) < 4.78 is 0. The van der Waals surface area contributed by atoms with Gasteiger partial charge in [0, 0.05) is 6.54 Å². The summed E-state index contributed by atoms with van der Waals surface area (Å²) in [6, 6.07) is -2.72. The molecule has 0 aromatic carbocycles. The molecule has 1 fully saturated rings. The Balaban J connectivity index is 2.78. The van der Waals surface area contributed by atoms with Crippen LogP contribution in [0.2, 0.25) is 0 Å². The number of carboxylic acid groups (broad SMARTS) is 2. The van der Waals surface area contributed by atoms with E-state index in [1.807, 2.05) is 5.32 Å². The molecule has 21 heavy (non-hydrogen) atoms. The largest absolute Gasteiger partial charge is 0.480 e. The van der Waals surface area contributed by atoms with Gasteiger partial charge in [0.15, 0.2) is 6.04 Å². The zero-order chi connectivity index (χ0) is 16.2. The molecule has 0 aromatic heterocycles. The van der Waals surface area contributed by atoms with Gasteiger partial charge in [0.1, 0.15) is 6.04 Å². The number of aliphatic hydroxyl groups excluding tert-OH is 1. The Morgan fingerprint density at radius 2 is 1.81 bits per heavy atom. The molecule has 9 nitrogen and oxygen atoms in total. The van der Waals surface area contributed by atoms with Gasteiger partial charge in [0.05, 0.1) is 6.10 Å². The van der Waals surface area contributed by atoms with Gasteiger partial charge in [0.2, 0.25) is 0 Å². The highest BCUT2D eigenvalue weighted by molar-refractivity contribution is 6.35. The number of carboxylic acids is 2. The van der Waals surface area contributed by atoms with Crippen LogP contribution < -0.4 is 5.32 Å². The number of carbonyl (C=O) groups excluding carboxylic acids is 2. The highest BCUT2D eigenvalue weighted by atomic mass is 16.4. The monoisotopic (exact) mass is 302 g/mol. The van der Waals surface area contributed by atoms with E-state index in [0.717, 1.165) is 11.8 Å². The molecule has 3 atom stereocenters. The third-order valence-electron chi connectivity index (χ3n) is 3.28. The number of aliphatic hydroxyl groups is 1. The van der Waals surface area contributed by atoms with Crippen molar-refractivity contribution in [1.29, 1.82) is 0 Å². The number of aliphatic carboxylic acids is 2. The van der Waals surface area contributed by atoms with Crippen LogP contribution in [0.15, 0.2) is 0 Å². The van der Waals surface area contributed by atoms with Crippen molar-refractivity contribution >= 4 is 23.8 Å². The van der Waals surface area contributed by atoms with Crippen molar-refractivity contribution in [1.82, 2.24) is 10.2 Å². The van der Waals surface area contributed by atoms with Crippen LogP contribution >= 0.6 is 0 Å². The minimum absolute atomic E-state index is 0.121. The van der Waals surface area contributed by atoms with E-state index < -0.39 is 41.9 Å². The van der Waals surface area contributed by atoms with Crippen molar-refractivity contribution in [2.24, 2.45) is 0 Å². The second-order valence-electron chi connectivity index (χ2n) is 4.88. The van der Waals surface area contributed by atoms with Crippen LogP contribution in [0.4, 0.5) is 0 Å². The number of amides is 2. The van der Waals surface area contributed by atoms with Gasteiger partial charge in [-0.05, 0) is 26.2 Å². The molecule has 0 saturated carbocycles. The van der Waals surface area contributed by atoms with Crippen LogP contribution in [-0.2, 0) is 19.2 Å². The van der Waals surface area contributed by atoms with Crippen molar-refractivity contribution in [3.8, 4) is 0 Å². The van der Waals surface area contributed by atoms with E-state index >= 15 is 0 Å². The lowest BCUT2D eigenvalue weighted by Crippen LogP contribution is -2.56. The normalized spacial score (nSPS) is 21.2. The Hall–Kier alpha value is -2.16. The minimum atomic E-state index is -1.63. The smallest absolute Gasteiger partial charge is 0.328 e. The number of hydrogen-bond donors (Lipinski definition) is 4. The second kappa shape index (κ2) is 7.02. The Kier molecular flexibility index (Phi) is 5.65. The predicted octanol–water partition coefficient (Wildman–Crippen LogP) is -1.60. The number of nitrogens with zero attached hydrogens (tertiary/aromatic N) is 1. The van der Waals surface area contributed by atoms with Crippen LogP contribution in [0.3, 0.4) is 0 Å². The maximum absolute atomic E-state index is 12.0. The number of nitrogens with one attached hydrogen (secondary N) is 1. The standard InChI is InChI=1S/C12H18N2O7/c1-6(15)8(12(20)21)13-9(16)10(17)14-5-3-2-4-7(14)11(18)19/h6-8,15H,2-5H2,1H3,(H,13,16)(H,18,19)(H,20,21)/t6?,7-,8?/m1/s1. The van der Waals surface area contributed by atoms with Gasteiger partial charge in [-0.1, -0.05) is 0 Å². The molecular formula is C12H18N2O7. The lowest BCUT2D eigenvalue weighted by atomic mass is 10.0. The molecule has 9 heteroatoms. The first-order valence-corrected chi connectivity index (χ1v) is 6.50. The molecule has 1 heterocycles. The lowest BCUT2D eigenvalue weighted by Gasteiger charge is -2.32. The van der Waals surface area contributed by atoms with Crippen LogP contribution in [0.1, 0.15) is 26.2 Å². The molecule has 0 aromatic rings. The van der Waals surface area contributed by atoms with Crippen LogP contribution in [-0.4, -0.2) is 68.7 Å². The maximum atomic E-state index is 12.0. The summed E-state index contributed by atoms with van der Waals surface area (Å²) in [6.45, 7) is 1.28. The molecule has 118 valence electrons. The number of piperidine rings is 1. The summed E-state index contributed by atoms with van der Waals surface area (Å²) in [5.74, 6) is -5.04. The Morgan fingerprint density at radius 1 is 1.19 bits per heavy atom. The predicted molar refractivity (Wildman–Crippen MR) is 68.2 cm³/mol. The van der Waals surface area contributed by atoms with Gasteiger partial charge in [0.25, 0.3) is 0 Å². The first kappa shape index (κ1) is 16.9. The summed E-state index contributed by atoms with van der Waals surface area (Å²) in [5, 5.41) is 29.0. The SMILES string of the molecule is CC(O)C(NC(=O)C(=O)N1CCCC[C@@H]1C(=O)O)C(=O)O. The van der Waals surface area contributed by atoms with E-state index in [9.17, 15) is 24.3 Å². The third-order valence-corrected chi connectivity index (χ3v) is 3.28. The molecule has 2 amide bonds. The lowest BCUT2D eigenvalue weighted by molar-refractivity contribution is -0.157. The molecule has 2 unspecified atom stereocenters. The van der Waals surface area contributed by atoms with E-state index in [1.54, 1.807) is 0 Å². The number of hydrogen-bond acceptors (Lipinski definition) is 5. The minimum Gasteiger partial charge on any atom is -0.480 e. The number of carbonyl (C=O) groups is 4. The van der Waals surface area contributed by atoms with E-state index in [0.29, 0.717) is 12.8 Å². The van der Waals surface area contributed by atoms with E-state index in [2.05, 4.69) is 0 Å². The maximum Gasteiger partial charge on any atom is 0.328 e. The second-order valence-corrected chi connectivity index (χ2v) is 4.88. The Bertz CT molecular complexity index is 449. The van der Waals surface area contributed by atoms with E-state index in [1.165, 1.54) is 0 Å². The summed E-state index contributed by atoms with van der Waals surface area (Å²) in [7, 11) is 0. The fraction of sp³-hybridized carbons (Fsp3) is 0.667. The summed E-state index contributed by atoms with van der Waals surface area (Å²) in [5.41, 5.74) is 0. The summed E-state index contributed by atoms with van der Waals surface area (Å²) in [6.07, 6.45) is 0.0542. The average Bonchev–Trinajstić information content (AvgIpc) is 2.42. The van der Waals surface area contributed by atoms with E-state index in [-0.39, 0.29) is 13.0 Å². The highest BCUT2D eigenvalue weighted by Gasteiger charge is 2.36. The van der Waals surface area contributed by atoms with Crippen LogP contribution in [0.25, 0.3) is 0 Å². The van der Waals surface area contributed by atoms with E-state index in [4.69, 9.17) is 10.2 Å². The fourth-order valence-corrected chi connectivity index (χ4v) is 2.15. The molecule has 0 bridgehead atoms. The topological polar surface area (TPSA) is 144 Å². The van der Waals surface area contributed by atoms with Gasteiger partial charge < -0.3 is 25.5 Å².